The fourth-order valence-electron chi connectivity index (χ4n) is 0.879. The minimum atomic E-state index is -0.927. The molecule has 0 aliphatic rings. The van der Waals surface area contributed by atoms with Gasteiger partial charge in [-0.05, 0) is 33.6 Å². The molecule has 0 aliphatic heterocycles. The molecule has 0 atom stereocenters. The number of carboxylic acid groups (broad SMARTS) is 2. The lowest BCUT2D eigenvalue weighted by Crippen LogP contribution is -2.11. The second kappa shape index (κ2) is 18.7. The molecule has 6 N–H and O–H groups in total. The zero-order chi connectivity index (χ0) is 19.5. The molecule has 0 saturated heterocycles. The lowest BCUT2D eigenvalue weighted by molar-refractivity contribution is -0.133. The van der Waals surface area contributed by atoms with Crippen molar-refractivity contribution in [1.82, 2.24) is 0 Å². The number of hydrogen-bond donors (Lipinski definition) is 5. The number of carboxylic acids is 2. The molecule has 0 aromatic rings. The van der Waals surface area contributed by atoms with Crippen LogP contribution < -0.4 is 5.73 Å². The van der Waals surface area contributed by atoms with E-state index in [0.717, 1.165) is 0 Å². The van der Waals surface area contributed by atoms with Gasteiger partial charge < -0.3 is 30.9 Å². The molecule has 1 amide bonds. The monoisotopic (exact) mass is 349 g/mol. The van der Waals surface area contributed by atoms with Gasteiger partial charge in [-0.1, -0.05) is 12.2 Å². The van der Waals surface area contributed by atoms with E-state index >= 15 is 0 Å². The molecule has 140 valence electrons. The maximum atomic E-state index is 10.1. The molecule has 0 aromatic heterocycles. The van der Waals surface area contributed by atoms with Gasteiger partial charge in [0.15, 0.2) is 0 Å². The summed E-state index contributed by atoms with van der Waals surface area (Å²) in [5.74, 6) is -1.85. The van der Waals surface area contributed by atoms with Crippen LogP contribution in [0.1, 0.15) is 33.6 Å². The van der Waals surface area contributed by atoms with Gasteiger partial charge in [0.25, 0.3) is 0 Å². The molecular formula is C15H27NO8. The number of aliphatic hydroxyl groups is 2. The predicted molar refractivity (Wildman–Crippen MR) is 87.4 cm³/mol. The molecule has 0 unspecified atom stereocenters. The van der Waals surface area contributed by atoms with Crippen molar-refractivity contribution in [2.45, 2.75) is 33.6 Å². The predicted octanol–water partition coefficient (Wildman–Crippen LogP) is 0.901. The highest BCUT2D eigenvalue weighted by Gasteiger charge is 1.96. The van der Waals surface area contributed by atoms with E-state index in [-0.39, 0.29) is 24.4 Å². The van der Waals surface area contributed by atoms with Crippen molar-refractivity contribution in [3.63, 3.8) is 0 Å². The summed E-state index contributed by atoms with van der Waals surface area (Å²) >= 11 is 0. The Morgan fingerprint density at radius 3 is 1.38 bits per heavy atom. The standard InChI is InChI=1S/2C6H10O3.C3H7NO2/c2*1-5(6(8)9)3-2-4-7;1-2-6-3(4)5/h2*3,7H,2,4H2,1H3,(H,8,9);2H2,1H3,(H2,4,5). The van der Waals surface area contributed by atoms with Crippen LogP contribution in [-0.4, -0.2) is 58.3 Å². The Balaban J connectivity index is -0.000000282. The maximum absolute atomic E-state index is 10.1. The van der Waals surface area contributed by atoms with E-state index in [2.05, 4.69) is 10.5 Å². The highest BCUT2D eigenvalue weighted by atomic mass is 16.5. The molecule has 0 aromatic carbocycles. The summed E-state index contributed by atoms with van der Waals surface area (Å²) in [6, 6.07) is 0. The Morgan fingerprint density at radius 1 is 0.917 bits per heavy atom. The van der Waals surface area contributed by atoms with Crippen molar-refractivity contribution in [3.8, 4) is 0 Å². The van der Waals surface area contributed by atoms with Crippen molar-refractivity contribution < 1.29 is 39.5 Å². The Kier molecular flexibility index (Phi) is 20.6. The Bertz CT molecular complexity index is 397. The third-order valence-electron chi connectivity index (χ3n) is 2.12. The Labute approximate surface area is 141 Å². The minimum Gasteiger partial charge on any atom is -0.478 e. The summed E-state index contributed by atoms with van der Waals surface area (Å²) in [6.45, 7) is 5.06. The number of amides is 1. The summed E-state index contributed by atoms with van der Waals surface area (Å²) in [5.41, 5.74) is 5.10. The zero-order valence-electron chi connectivity index (χ0n) is 14.2. The third-order valence-corrected chi connectivity index (χ3v) is 2.12. The smallest absolute Gasteiger partial charge is 0.404 e. The van der Waals surface area contributed by atoms with E-state index in [1.807, 2.05) is 0 Å². The van der Waals surface area contributed by atoms with Crippen LogP contribution in [0, 0.1) is 0 Å². The minimum absolute atomic E-state index is 0.00458. The summed E-state index contributed by atoms with van der Waals surface area (Å²) in [4.78, 5) is 29.7. The topological polar surface area (TPSA) is 167 Å². The van der Waals surface area contributed by atoms with E-state index in [9.17, 15) is 14.4 Å². The van der Waals surface area contributed by atoms with Crippen LogP contribution in [0.2, 0.25) is 0 Å². The van der Waals surface area contributed by atoms with Gasteiger partial charge in [0.2, 0.25) is 0 Å². The summed E-state index contributed by atoms with van der Waals surface area (Å²) < 4.78 is 4.18. The number of hydrogen-bond acceptors (Lipinski definition) is 6. The molecule has 0 heterocycles. The van der Waals surface area contributed by atoms with E-state index in [4.69, 9.17) is 20.4 Å². The van der Waals surface area contributed by atoms with Crippen molar-refractivity contribution in [2.75, 3.05) is 19.8 Å². The second-order valence-corrected chi connectivity index (χ2v) is 4.16. The Hall–Kier alpha value is -2.39. The summed E-state index contributed by atoms with van der Waals surface area (Å²) in [7, 11) is 0. The van der Waals surface area contributed by atoms with Crippen LogP contribution in [0.15, 0.2) is 23.3 Å². The molecule has 0 rings (SSSR count). The van der Waals surface area contributed by atoms with Crippen molar-refractivity contribution >= 4 is 18.0 Å². The summed E-state index contributed by atoms with van der Waals surface area (Å²) in [5, 5.41) is 33.0. The van der Waals surface area contributed by atoms with Crippen LogP contribution in [0.3, 0.4) is 0 Å². The summed E-state index contributed by atoms with van der Waals surface area (Å²) in [6.07, 6.45) is 3.10. The van der Waals surface area contributed by atoms with Gasteiger partial charge in [0.1, 0.15) is 0 Å². The molecular weight excluding hydrogens is 322 g/mol. The number of nitrogens with two attached hydrogens (primary N) is 1. The zero-order valence-corrected chi connectivity index (χ0v) is 14.2. The van der Waals surface area contributed by atoms with Gasteiger partial charge in [0, 0.05) is 24.4 Å². The lowest BCUT2D eigenvalue weighted by Gasteiger charge is -1.89. The van der Waals surface area contributed by atoms with Gasteiger partial charge in [-0.3, -0.25) is 0 Å². The lowest BCUT2D eigenvalue weighted by atomic mass is 10.2. The molecule has 0 fully saturated rings. The SMILES string of the molecule is CC(=CCCO)C(=O)O.CC(=CCCO)C(=O)O.CCOC(N)=O. The van der Waals surface area contributed by atoms with E-state index < -0.39 is 18.0 Å². The molecule has 0 bridgehead atoms. The molecule has 0 aliphatic carbocycles. The largest absolute Gasteiger partial charge is 0.478 e. The fourth-order valence-corrected chi connectivity index (χ4v) is 0.879. The average molecular weight is 349 g/mol. The number of rotatable bonds is 7. The van der Waals surface area contributed by atoms with Crippen LogP contribution in [0.4, 0.5) is 4.79 Å². The van der Waals surface area contributed by atoms with Gasteiger partial charge in [-0.15, -0.1) is 0 Å². The molecule has 9 nitrogen and oxygen atoms in total. The number of aliphatic hydroxyl groups excluding tert-OH is 2. The first-order chi connectivity index (χ1) is 11.1. The molecule has 0 saturated carbocycles. The average Bonchev–Trinajstić information content (AvgIpc) is 2.50. The van der Waals surface area contributed by atoms with Gasteiger partial charge >= 0.3 is 18.0 Å². The number of primary amides is 1. The maximum Gasteiger partial charge on any atom is 0.404 e. The molecule has 24 heavy (non-hydrogen) atoms. The van der Waals surface area contributed by atoms with E-state index in [0.29, 0.717) is 19.4 Å². The van der Waals surface area contributed by atoms with Gasteiger partial charge in [0.05, 0.1) is 6.61 Å². The van der Waals surface area contributed by atoms with Crippen molar-refractivity contribution in [3.05, 3.63) is 23.3 Å². The van der Waals surface area contributed by atoms with Crippen molar-refractivity contribution in [1.29, 1.82) is 0 Å². The highest BCUT2D eigenvalue weighted by Crippen LogP contribution is 1.93. The quantitative estimate of drug-likeness (QED) is 0.422. The number of ether oxygens (including phenoxy) is 1. The van der Waals surface area contributed by atoms with Crippen molar-refractivity contribution in [2.24, 2.45) is 5.73 Å². The number of aliphatic carboxylic acids is 2. The Morgan fingerprint density at radius 2 is 1.25 bits per heavy atom. The van der Waals surface area contributed by atoms with E-state index in [1.54, 1.807) is 6.92 Å². The van der Waals surface area contributed by atoms with Crippen LogP contribution >= 0.6 is 0 Å². The molecule has 9 heteroatoms. The molecule has 0 radical (unpaired) electrons. The van der Waals surface area contributed by atoms with Crippen LogP contribution in [-0.2, 0) is 14.3 Å². The first-order valence-electron chi connectivity index (χ1n) is 7.07. The third kappa shape index (κ3) is 24.6. The molecule has 0 spiro atoms. The second-order valence-electron chi connectivity index (χ2n) is 4.16. The first kappa shape index (κ1) is 26.5. The van der Waals surface area contributed by atoms with Crippen LogP contribution in [0.5, 0.6) is 0 Å². The van der Waals surface area contributed by atoms with E-state index in [1.165, 1.54) is 26.0 Å². The van der Waals surface area contributed by atoms with Gasteiger partial charge in [-0.2, -0.15) is 0 Å². The fraction of sp³-hybridized carbons (Fsp3) is 0.533. The van der Waals surface area contributed by atoms with Crippen LogP contribution in [0.25, 0.3) is 0 Å². The normalized spacial score (nSPS) is 10.5. The number of carbonyl (C=O) groups is 3. The highest BCUT2D eigenvalue weighted by molar-refractivity contribution is 5.86. The van der Waals surface area contributed by atoms with Gasteiger partial charge in [-0.25, -0.2) is 14.4 Å². The number of carbonyl (C=O) groups excluding carboxylic acids is 1. The first-order valence-corrected chi connectivity index (χ1v) is 7.07.